The van der Waals surface area contributed by atoms with Gasteiger partial charge in [-0.05, 0) is 37.6 Å². The van der Waals surface area contributed by atoms with E-state index in [1.54, 1.807) is 17.3 Å². The van der Waals surface area contributed by atoms with Crippen molar-refractivity contribution in [2.24, 2.45) is 5.92 Å². The Labute approximate surface area is 95.7 Å². The number of carbonyl (C=O) groups is 1. The van der Waals surface area contributed by atoms with Gasteiger partial charge in [-0.3, -0.25) is 9.78 Å². The lowest BCUT2D eigenvalue weighted by Gasteiger charge is -2.18. The second-order valence-electron chi connectivity index (χ2n) is 4.23. The highest BCUT2D eigenvalue weighted by Gasteiger charge is 2.20. The van der Waals surface area contributed by atoms with Crippen molar-refractivity contribution in [2.45, 2.75) is 12.8 Å². The summed E-state index contributed by atoms with van der Waals surface area (Å²) in [6, 6.07) is 3.74. The maximum absolute atomic E-state index is 12.0. The molecule has 2 rings (SSSR count). The predicted molar refractivity (Wildman–Crippen MR) is 63.2 cm³/mol. The van der Waals surface area contributed by atoms with Crippen molar-refractivity contribution in [3.05, 3.63) is 24.5 Å². The predicted octanol–water partition coefficient (Wildman–Crippen LogP) is 1.04. The number of nitrogens with one attached hydrogen (secondary N) is 1. The maximum atomic E-state index is 12.0. The summed E-state index contributed by atoms with van der Waals surface area (Å²) >= 11 is 0. The number of hydrogen-bond donors (Lipinski definition) is 1. The van der Waals surface area contributed by atoms with Crippen LogP contribution in [0.4, 0.5) is 5.69 Å². The first-order chi connectivity index (χ1) is 7.77. The van der Waals surface area contributed by atoms with Crippen molar-refractivity contribution in [1.82, 2.24) is 10.3 Å². The number of rotatable bonds is 3. The molecule has 1 N–H and O–H groups in total. The third kappa shape index (κ3) is 2.58. The zero-order valence-corrected chi connectivity index (χ0v) is 9.52. The molecule has 4 nitrogen and oxygen atoms in total. The Kier molecular flexibility index (Phi) is 3.51. The molecule has 1 atom stereocenters. The summed E-state index contributed by atoms with van der Waals surface area (Å²) < 4.78 is 0. The fraction of sp³-hybridized carbons (Fsp3) is 0.500. The van der Waals surface area contributed by atoms with E-state index in [1.807, 2.05) is 19.2 Å². The van der Waals surface area contributed by atoms with Crippen LogP contribution in [0, 0.1) is 5.92 Å². The normalized spacial score (nSPS) is 19.7. The zero-order valence-electron chi connectivity index (χ0n) is 9.52. The van der Waals surface area contributed by atoms with Gasteiger partial charge in [0.2, 0.25) is 5.91 Å². The van der Waals surface area contributed by atoms with E-state index in [9.17, 15) is 4.79 Å². The Morgan fingerprint density at radius 2 is 2.56 bits per heavy atom. The largest absolute Gasteiger partial charge is 0.316 e. The van der Waals surface area contributed by atoms with Gasteiger partial charge in [-0.2, -0.15) is 0 Å². The van der Waals surface area contributed by atoms with Crippen LogP contribution in [0.2, 0.25) is 0 Å². The van der Waals surface area contributed by atoms with Gasteiger partial charge in [0.05, 0.1) is 11.9 Å². The van der Waals surface area contributed by atoms with Gasteiger partial charge in [0.1, 0.15) is 0 Å². The molecule has 0 spiro atoms. The Bertz CT molecular complexity index is 347. The molecule has 86 valence electrons. The molecule has 1 aliphatic rings. The Hall–Kier alpha value is -1.42. The summed E-state index contributed by atoms with van der Waals surface area (Å²) in [5.74, 6) is 0.660. The second kappa shape index (κ2) is 5.07. The minimum absolute atomic E-state index is 0.168. The van der Waals surface area contributed by atoms with E-state index >= 15 is 0 Å². The third-order valence-corrected chi connectivity index (χ3v) is 3.03. The molecule has 2 heterocycles. The van der Waals surface area contributed by atoms with E-state index in [0.717, 1.165) is 25.2 Å². The molecule has 0 aromatic carbocycles. The van der Waals surface area contributed by atoms with Crippen LogP contribution in [-0.2, 0) is 4.79 Å². The lowest BCUT2D eigenvalue weighted by atomic mass is 10.0. The second-order valence-corrected chi connectivity index (χ2v) is 4.23. The third-order valence-electron chi connectivity index (χ3n) is 3.03. The quantitative estimate of drug-likeness (QED) is 0.826. The Morgan fingerprint density at radius 3 is 3.19 bits per heavy atom. The highest BCUT2D eigenvalue weighted by atomic mass is 16.2. The van der Waals surface area contributed by atoms with Crippen LogP contribution >= 0.6 is 0 Å². The van der Waals surface area contributed by atoms with Gasteiger partial charge in [-0.25, -0.2) is 0 Å². The number of carbonyl (C=O) groups excluding carboxylic acids is 1. The monoisotopic (exact) mass is 219 g/mol. The van der Waals surface area contributed by atoms with Crippen molar-refractivity contribution in [1.29, 1.82) is 0 Å². The van der Waals surface area contributed by atoms with Gasteiger partial charge >= 0.3 is 0 Å². The number of pyridine rings is 1. The van der Waals surface area contributed by atoms with E-state index in [1.165, 1.54) is 0 Å². The van der Waals surface area contributed by atoms with E-state index in [0.29, 0.717) is 12.3 Å². The Balaban J connectivity index is 1.94. The van der Waals surface area contributed by atoms with Crippen molar-refractivity contribution < 1.29 is 4.79 Å². The van der Waals surface area contributed by atoms with Gasteiger partial charge < -0.3 is 10.2 Å². The molecule has 0 saturated carbocycles. The number of hydrogen-bond acceptors (Lipinski definition) is 3. The molecule has 16 heavy (non-hydrogen) atoms. The molecule has 0 bridgehead atoms. The van der Waals surface area contributed by atoms with Crippen LogP contribution in [0.5, 0.6) is 0 Å². The fourth-order valence-electron chi connectivity index (χ4n) is 1.97. The van der Waals surface area contributed by atoms with Gasteiger partial charge in [-0.15, -0.1) is 0 Å². The van der Waals surface area contributed by atoms with Crippen molar-refractivity contribution in [3.8, 4) is 0 Å². The van der Waals surface area contributed by atoms with Crippen molar-refractivity contribution in [2.75, 3.05) is 25.0 Å². The Morgan fingerprint density at radius 1 is 1.69 bits per heavy atom. The highest BCUT2D eigenvalue weighted by molar-refractivity contribution is 5.92. The van der Waals surface area contributed by atoms with Crippen molar-refractivity contribution >= 4 is 11.6 Å². The van der Waals surface area contributed by atoms with Gasteiger partial charge in [0.15, 0.2) is 0 Å². The molecule has 1 aliphatic heterocycles. The molecule has 1 saturated heterocycles. The van der Waals surface area contributed by atoms with Crippen LogP contribution in [-0.4, -0.2) is 31.0 Å². The van der Waals surface area contributed by atoms with Crippen LogP contribution in [0.25, 0.3) is 0 Å². The van der Waals surface area contributed by atoms with Gasteiger partial charge in [-0.1, -0.05) is 0 Å². The first-order valence-electron chi connectivity index (χ1n) is 5.64. The van der Waals surface area contributed by atoms with Crippen molar-refractivity contribution in [3.63, 3.8) is 0 Å². The molecule has 0 radical (unpaired) electrons. The summed E-state index contributed by atoms with van der Waals surface area (Å²) in [4.78, 5) is 17.7. The zero-order chi connectivity index (χ0) is 11.4. The SMILES string of the molecule is CN(C(=O)CC1CCNC1)c1cccnc1. The van der Waals surface area contributed by atoms with E-state index in [2.05, 4.69) is 10.3 Å². The summed E-state index contributed by atoms with van der Waals surface area (Å²) in [6.07, 6.45) is 5.15. The molecule has 0 aliphatic carbocycles. The molecular weight excluding hydrogens is 202 g/mol. The average Bonchev–Trinajstić information content (AvgIpc) is 2.82. The number of amides is 1. The number of anilines is 1. The maximum Gasteiger partial charge on any atom is 0.227 e. The summed E-state index contributed by atoms with van der Waals surface area (Å²) in [5.41, 5.74) is 0.860. The molecule has 1 aromatic rings. The van der Waals surface area contributed by atoms with E-state index in [-0.39, 0.29) is 5.91 Å². The smallest absolute Gasteiger partial charge is 0.227 e. The molecule has 1 amide bonds. The fourth-order valence-corrected chi connectivity index (χ4v) is 1.97. The molecular formula is C12H17N3O. The minimum atomic E-state index is 0.168. The lowest BCUT2D eigenvalue weighted by Crippen LogP contribution is -2.28. The van der Waals surface area contributed by atoms with Crippen LogP contribution in [0.1, 0.15) is 12.8 Å². The van der Waals surface area contributed by atoms with Crippen LogP contribution in [0.15, 0.2) is 24.5 Å². The molecule has 1 fully saturated rings. The lowest BCUT2D eigenvalue weighted by molar-refractivity contribution is -0.119. The van der Waals surface area contributed by atoms with E-state index < -0.39 is 0 Å². The van der Waals surface area contributed by atoms with Crippen LogP contribution < -0.4 is 10.2 Å². The van der Waals surface area contributed by atoms with E-state index in [4.69, 9.17) is 0 Å². The average molecular weight is 219 g/mol. The molecule has 4 heteroatoms. The summed E-state index contributed by atoms with van der Waals surface area (Å²) in [6.45, 7) is 2.00. The topological polar surface area (TPSA) is 45.2 Å². The van der Waals surface area contributed by atoms with Crippen LogP contribution in [0.3, 0.4) is 0 Å². The first kappa shape index (κ1) is 11.1. The standard InChI is InChI=1S/C12H17N3O/c1-15(11-3-2-5-13-9-11)12(16)7-10-4-6-14-8-10/h2-3,5,9-10,14H,4,6-8H2,1H3. The minimum Gasteiger partial charge on any atom is -0.316 e. The summed E-state index contributed by atoms with van der Waals surface area (Å²) in [5, 5.41) is 3.27. The molecule has 1 aromatic heterocycles. The summed E-state index contributed by atoms with van der Waals surface area (Å²) in [7, 11) is 1.81. The van der Waals surface area contributed by atoms with Gasteiger partial charge in [0.25, 0.3) is 0 Å². The first-order valence-corrected chi connectivity index (χ1v) is 5.64. The number of nitrogens with zero attached hydrogens (tertiary/aromatic N) is 2. The molecule has 1 unspecified atom stereocenters. The van der Waals surface area contributed by atoms with Gasteiger partial charge in [0, 0.05) is 19.7 Å². The highest BCUT2D eigenvalue weighted by Crippen LogP contribution is 2.16. The number of aromatic nitrogens is 1.